The second kappa shape index (κ2) is 4.52. The largest absolute Gasteiger partial charge is 0.354 e. The summed E-state index contributed by atoms with van der Waals surface area (Å²) in [4.78, 5) is 12.1. The third kappa shape index (κ3) is 2.18. The fraction of sp³-hybridized carbons (Fsp3) is 0.933. The summed E-state index contributed by atoms with van der Waals surface area (Å²) < 4.78 is 0. The number of hydrogen-bond acceptors (Lipinski definition) is 2. The van der Waals surface area contributed by atoms with Crippen molar-refractivity contribution < 1.29 is 4.79 Å². The second-order valence-electron chi connectivity index (χ2n) is 7.13. The number of carbonyl (C=O) groups is 1. The minimum atomic E-state index is 0.310. The van der Waals surface area contributed by atoms with Crippen molar-refractivity contribution in [3.05, 3.63) is 0 Å². The number of carbonyl (C=O) groups excluding carboxylic acids is 1. The predicted molar refractivity (Wildman–Crippen MR) is 72.1 cm³/mol. The van der Waals surface area contributed by atoms with E-state index in [-0.39, 0.29) is 0 Å². The van der Waals surface area contributed by atoms with Gasteiger partial charge < -0.3 is 10.6 Å². The molecule has 3 heteroatoms. The number of fused-ring (bicyclic) bond motifs is 1. The summed E-state index contributed by atoms with van der Waals surface area (Å²) in [5.41, 5.74) is 0.310. The molecular weight excluding hydrogens is 224 g/mol. The van der Waals surface area contributed by atoms with Gasteiger partial charge in [-0.2, -0.15) is 0 Å². The number of nitrogens with one attached hydrogen (secondary N) is 2. The van der Waals surface area contributed by atoms with E-state index in [0.29, 0.717) is 23.3 Å². The standard InChI is InChI=1S/C15H26N2O/c1-15(2)7-4-8-16-12(15)9-17-14(18)13-10-5-3-6-11(10)13/h10-13,16H,3-9H2,1-2H3,(H,17,18). The summed E-state index contributed by atoms with van der Waals surface area (Å²) in [6, 6.07) is 0.439. The molecule has 3 nitrogen and oxygen atoms in total. The molecule has 1 aliphatic heterocycles. The van der Waals surface area contributed by atoms with Gasteiger partial charge in [-0.3, -0.25) is 4.79 Å². The molecule has 1 saturated heterocycles. The first-order chi connectivity index (χ1) is 8.59. The Bertz CT molecular complexity index is 329. The Morgan fingerprint density at radius 2 is 2.00 bits per heavy atom. The number of piperidine rings is 1. The van der Waals surface area contributed by atoms with E-state index < -0.39 is 0 Å². The Morgan fingerprint density at radius 1 is 1.28 bits per heavy atom. The fourth-order valence-electron chi connectivity index (χ4n) is 4.15. The van der Waals surface area contributed by atoms with Gasteiger partial charge >= 0.3 is 0 Å². The lowest BCUT2D eigenvalue weighted by Gasteiger charge is -2.39. The highest BCUT2D eigenvalue weighted by atomic mass is 16.2. The van der Waals surface area contributed by atoms with Crippen molar-refractivity contribution in [2.24, 2.45) is 23.2 Å². The van der Waals surface area contributed by atoms with Gasteiger partial charge in [-0.1, -0.05) is 20.3 Å². The first kappa shape index (κ1) is 12.5. The molecule has 0 aromatic carbocycles. The van der Waals surface area contributed by atoms with E-state index in [1.54, 1.807) is 0 Å². The monoisotopic (exact) mass is 250 g/mol. The smallest absolute Gasteiger partial charge is 0.223 e. The quantitative estimate of drug-likeness (QED) is 0.803. The average molecular weight is 250 g/mol. The Morgan fingerprint density at radius 3 is 2.67 bits per heavy atom. The molecule has 1 heterocycles. The third-order valence-corrected chi connectivity index (χ3v) is 5.52. The van der Waals surface area contributed by atoms with E-state index in [2.05, 4.69) is 24.5 Å². The molecule has 0 aromatic rings. The van der Waals surface area contributed by atoms with Gasteiger partial charge in [0, 0.05) is 18.5 Å². The van der Waals surface area contributed by atoms with Gasteiger partial charge in [-0.05, 0) is 49.5 Å². The number of rotatable bonds is 3. The number of amides is 1. The molecule has 0 aromatic heterocycles. The van der Waals surface area contributed by atoms with E-state index in [0.717, 1.165) is 24.9 Å². The maximum absolute atomic E-state index is 12.1. The van der Waals surface area contributed by atoms with Crippen LogP contribution in [-0.4, -0.2) is 25.0 Å². The Hall–Kier alpha value is -0.570. The summed E-state index contributed by atoms with van der Waals surface area (Å²) >= 11 is 0. The Kier molecular flexibility index (Phi) is 3.13. The topological polar surface area (TPSA) is 41.1 Å². The van der Waals surface area contributed by atoms with E-state index in [1.807, 2.05) is 0 Å². The van der Waals surface area contributed by atoms with Crippen molar-refractivity contribution in [3.8, 4) is 0 Å². The second-order valence-corrected chi connectivity index (χ2v) is 7.13. The van der Waals surface area contributed by atoms with E-state index in [4.69, 9.17) is 0 Å². The summed E-state index contributed by atoms with van der Waals surface area (Å²) in [7, 11) is 0. The van der Waals surface area contributed by atoms with Crippen LogP contribution in [0.15, 0.2) is 0 Å². The van der Waals surface area contributed by atoms with Crippen molar-refractivity contribution in [2.75, 3.05) is 13.1 Å². The van der Waals surface area contributed by atoms with Crippen LogP contribution in [0.25, 0.3) is 0 Å². The van der Waals surface area contributed by atoms with E-state index in [9.17, 15) is 4.79 Å². The molecular formula is C15H26N2O. The van der Waals surface area contributed by atoms with Gasteiger partial charge in [0.1, 0.15) is 0 Å². The summed E-state index contributed by atoms with van der Waals surface area (Å²) in [5, 5.41) is 6.76. The van der Waals surface area contributed by atoms with Gasteiger partial charge in [-0.25, -0.2) is 0 Å². The zero-order chi connectivity index (χ0) is 12.8. The molecule has 0 radical (unpaired) electrons. The highest BCUT2D eigenvalue weighted by Crippen LogP contribution is 2.57. The minimum absolute atomic E-state index is 0.310. The van der Waals surface area contributed by atoms with Crippen molar-refractivity contribution in [2.45, 2.75) is 52.0 Å². The van der Waals surface area contributed by atoms with Crippen molar-refractivity contribution in [1.82, 2.24) is 10.6 Å². The molecule has 3 rings (SSSR count). The first-order valence-electron chi connectivity index (χ1n) is 7.61. The van der Waals surface area contributed by atoms with Crippen LogP contribution in [-0.2, 0) is 4.79 Å². The maximum atomic E-state index is 12.1. The molecule has 3 aliphatic rings. The van der Waals surface area contributed by atoms with Crippen LogP contribution in [0.4, 0.5) is 0 Å². The van der Waals surface area contributed by atoms with Crippen LogP contribution in [0, 0.1) is 23.2 Å². The van der Waals surface area contributed by atoms with Crippen LogP contribution < -0.4 is 10.6 Å². The van der Waals surface area contributed by atoms with Crippen molar-refractivity contribution >= 4 is 5.91 Å². The third-order valence-electron chi connectivity index (χ3n) is 5.52. The highest BCUT2D eigenvalue weighted by molar-refractivity contribution is 5.82. The van der Waals surface area contributed by atoms with Gasteiger partial charge in [0.25, 0.3) is 0 Å². The van der Waals surface area contributed by atoms with E-state index in [1.165, 1.54) is 32.1 Å². The number of hydrogen-bond donors (Lipinski definition) is 2. The van der Waals surface area contributed by atoms with Crippen molar-refractivity contribution in [3.63, 3.8) is 0 Å². The molecule has 0 bridgehead atoms. The highest BCUT2D eigenvalue weighted by Gasteiger charge is 2.56. The molecule has 3 atom stereocenters. The SMILES string of the molecule is CC1(C)CCCNC1CNC(=O)C1C2CCCC21. The summed E-state index contributed by atoms with van der Waals surface area (Å²) in [5.74, 6) is 2.16. The molecule has 2 aliphatic carbocycles. The van der Waals surface area contributed by atoms with Crippen LogP contribution in [0.3, 0.4) is 0 Å². The van der Waals surface area contributed by atoms with Crippen LogP contribution in [0.2, 0.25) is 0 Å². The molecule has 3 unspecified atom stereocenters. The fourth-order valence-corrected chi connectivity index (χ4v) is 4.15. The predicted octanol–water partition coefficient (Wildman–Crippen LogP) is 1.93. The van der Waals surface area contributed by atoms with Gasteiger partial charge in [0.05, 0.1) is 0 Å². The van der Waals surface area contributed by atoms with Gasteiger partial charge in [-0.15, -0.1) is 0 Å². The van der Waals surface area contributed by atoms with Crippen LogP contribution in [0.5, 0.6) is 0 Å². The molecule has 3 fully saturated rings. The van der Waals surface area contributed by atoms with Gasteiger partial charge in [0.2, 0.25) is 5.91 Å². The Balaban J connectivity index is 1.47. The zero-order valence-electron chi connectivity index (χ0n) is 11.7. The molecule has 18 heavy (non-hydrogen) atoms. The first-order valence-corrected chi connectivity index (χ1v) is 7.61. The minimum Gasteiger partial charge on any atom is -0.354 e. The maximum Gasteiger partial charge on any atom is 0.223 e. The van der Waals surface area contributed by atoms with Crippen molar-refractivity contribution in [1.29, 1.82) is 0 Å². The van der Waals surface area contributed by atoms with Crippen LogP contribution >= 0.6 is 0 Å². The normalized spacial score (nSPS) is 41.2. The van der Waals surface area contributed by atoms with Gasteiger partial charge in [0.15, 0.2) is 0 Å². The lowest BCUT2D eigenvalue weighted by atomic mass is 9.77. The summed E-state index contributed by atoms with van der Waals surface area (Å²) in [6.07, 6.45) is 6.43. The molecule has 102 valence electrons. The molecule has 1 amide bonds. The molecule has 0 spiro atoms. The zero-order valence-corrected chi connectivity index (χ0v) is 11.7. The van der Waals surface area contributed by atoms with Crippen LogP contribution in [0.1, 0.15) is 46.0 Å². The van der Waals surface area contributed by atoms with E-state index >= 15 is 0 Å². The molecule has 2 saturated carbocycles. The lowest BCUT2D eigenvalue weighted by Crippen LogP contribution is -2.53. The lowest BCUT2D eigenvalue weighted by molar-refractivity contribution is -0.123. The Labute approximate surface area is 110 Å². The average Bonchev–Trinajstić information content (AvgIpc) is 2.81. The molecule has 2 N–H and O–H groups in total. The summed E-state index contributed by atoms with van der Waals surface area (Å²) in [6.45, 7) is 6.52.